The van der Waals surface area contributed by atoms with E-state index in [1.54, 1.807) is 0 Å². The molecule has 1 amide bonds. The van der Waals surface area contributed by atoms with Crippen molar-refractivity contribution in [2.24, 2.45) is 0 Å². The van der Waals surface area contributed by atoms with Gasteiger partial charge in [0.25, 0.3) is 5.91 Å². The third kappa shape index (κ3) is 7.77. The van der Waals surface area contributed by atoms with E-state index in [9.17, 15) is 18.0 Å². The maximum Gasteiger partial charge on any atom is 0.416 e. The number of halogens is 4. The Hall–Kier alpha value is -1.47. The van der Waals surface area contributed by atoms with Crippen LogP contribution in [0, 0.1) is 0 Å². The molecule has 0 spiro atoms. The van der Waals surface area contributed by atoms with Crippen LogP contribution in [0.3, 0.4) is 0 Å². The number of benzene rings is 1. The molecule has 1 aromatic carbocycles. The molecule has 2 N–H and O–H groups in total. The Morgan fingerprint density at radius 3 is 2.33 bits per heavy atom. The highest BCUT2D eigenvalue weighted by Crippen LogP contribution is 2.30. The second-order valence-electron chi connectivity index (χ2n) is 4.01. The van der Waals surface area contributed by atoms with Gasteiger partial charge in [0.2, 0.25) is 0 Å². The SMILES string of the molecule is CCNCCNC(=O)COc1ccc(C(F)(F)F)cc1.Cl. The molecule has 1 aromatic rings. The second-order valence-corrected chi connectivity index (χ2v) is 4.01. The lowest BCUT2D eigenvalue weighted by Gasteiger charge is -2.09. The van der Waals surface area contributed by atoms with E-state index in [0.29, 0.717) is 13.1 Å². The first-order chi connectivity index (χ1) is 9.43. The highest BCUT2D eigenvalue weighted by atomic mass is 35.5. The van der Waals surface area contributed by atoms with Gasteiger partial charge in [0.05, 0.1) is 5.56 Å². The summed E-state index contributed by atoms with van der Waals surface area (Å²) >= 11 is 0. The molecule has 0 atom stereocenters. The van der Waals surface area contributed by atoms with Gasteiger partial charge in [-0.3, -0.25) is 4.79 Å². The van der Waals surface area contributed by atoms with Crippen molar-refractivity contribution in [2.45, 2.75) is 13.1 Å². The Balaban J connectivity index is 0.00000400. The van der Waals surface area contributed by atoms with Crippen LogP contribution < -0.4 is 15.4 Å². The molecule has 0 saturated heterocycles. The maximum absolute atomic E-state index is 12.3. The molecular formula is C13H18ClF3N2O2. The summed E-state index contributed by atoms with van der Waals surface area (Å²) in [4.78, 5) is 11.4. The fourth-order valence-corrected chi connectivity index (χ4v) is 1.41. The summed E-state index contributed by atoms with van der Waals surface area (Å²) in [5, 5.41) is 5.65. The number of nitrogens with one attached hydrogen (secondary N) is 2. The molecule has 1 rings (SSSR count). The zero-order valence-corrected chi connectivity index (χ0v) is 12.3. The largest absolute Gasteiger partial charge is 0.484 e. The van der Waals surface area contributed by atoms with Gasteiger partial charge in [0.15, 0.2) is 6.61 Å². The quantitative estimate of drug-likeness (QED) is 0.756. The van der Waals surface area contributed by atoms with Crippen molar-refractivity contribution in [3.63, 3.8) is 0 Å². The van der Waals surface area contributed by atoms with Gasteiger partial charge < -0.3 is 15.4 Å². The lowest BCUT2D eigenvalue weighted by molar-refractivity contribution is -0.137. The number of hydrogen-bond donors (Lipinski definition) is 2. The van der Waals surface area contributed by atoms with Crippen LogP contribution in [0.2, 0.25) is 0 Å². The van der Waals surface area contributed by atoms with E-state index >= 15 is 0 Å². The second kappa shape index (κ2) is 9.46. The molecule has 0 aliphatic carbocycles. The molecule has 0 fully saturated rings. The van der Waals surface area contributed by atoms with Crippen molar-refractivity contribution < 1.29 is 22.7 Å². The lowest BCUT2D eigenvalue weighted by atomic mass is 10.2. The van der Waals surface area contributed by atoms with Crippen LogP contribution in [0.25, 0.3) is 0 Å². The van der Waals surface area contributed by atoms with Crippen molar-refractivity contribution in [3.05, 3.63) is 29.8 Å². The average Bonchev–Trinajstić information content (AvgIpc) is 2.41. The van der Waals surface area contributed by atoms with Crippen molar-refractivity contribution in [2.75, 3.05) is 26.2 Å². The van der Waals surface area contributed by atoms with E-state index in [2.05, 4.69) is 10.6 Å². The highest BCUT2D eigenvalue weighted by molar-refractivity contribution is 5.85. The molecule has 4 nitrogen and oxygen atoms in total. The van der Waals surface area contributed by atoms with Gasteiger partial charge in [-0.05, 0) is 30.8 Å². The third-order valence-electron chi connectivity index (χ3n) is 2.43. The molecule has 0 aromatic heterocycles. The molecule has 0 saturated carbocycles. The fourth-order valence-electron chi connectivity index (χ4n) is 1.41. The summed E-state index contributed by atoms with van der Waals surface area (Å²) in [7, 11) is 0. The van der Waals surface area contributed by atoms with Crippen LogP contribution in [0.5, 0.6) is 5.75 Å². The number of likely N-dealkylation sites (N-methyl/N-ethyl adjacent to an activating group) is 1. The summed E-state index contributed by atoms with van der Waals surface area (Å²) < 4.78 is 42.1. The first-order valence-corrected chi connectivity index (χ1v) is 6.21. The minimum Gasteiger partial charge on any atom is -0.484 e. The van der Waals surface area contributed by atoms with Crippen molar-refractivity contribution in [3.8, 4) is 5.75 Å². The number of carbonyl (C=O) groups excluding carboxylic acids is 1. The smallest absolute Gasteiger partial charge is 0.416 e. The van der Waals surface area contributed by atoms with Gasteiger partial charge in [-0.2, -0.15) is 13.2 Å². The number of ether oxygens (including phenoxy) is 1. The van der Waals surface area contributed by atoms with E-state index in [1.807, 2.05) is 6.92 Å². The number of amides is 1. The van der Waals surface area contributed by atoms with E-state index in [-0.39, 0.29) is 30.7 Å². The van der Waals surface area contributed by atoms with E-state index in [1.165, 1.54) is 12.1 Å². The van der Waals surface area contributed by atoms with Gasteiger partial charge in [-0.1, -0.05) is 6.92 Å². The summed E-state index contributed by atoms with van der Waals surface area (Å²) in [5.41, 5.74) is -0.750. The number of carbonyl (C=O) groups is 1. The molecule has 0 aliphatic rings. The van der Waals surface area contributed by atoms with Crippen LogP contribution in [-0.4, -0.2) is 32.1 Å². The normalized spacial score (nSPS) is 10.7. The van der Waals surface area contributed by atoms with Crippen LogP contribution in [0.1, 0.15) is 12.5 Å². The minimum absolute atomic E-state index is 0. The fraction of sp³-hybridized carbons (Fsp3) is 0.462. The van der Waals surface area contributed by atoms with Gasteiger partial charge in [0.1, 0.15) is 5.75 Å². The van der Waals surface area contributed by atoms with Crippen LogP contribution in [-0.2, 0) is 11.0 Å². The Kier molecular flexibility index (Phi) is 8.80. The molecule has 21 heavy (non-hydrogen) atoms. The standard InChI is InChI=1S/C13H17F3N2O2.ClH/c1-2-17-7-8-18-12(19)9-20-11-5-3-10(4-6-11)13(14,15)16;/h3-6,17H,2,7-9H2,1H3,(H,18,19);1H. The van der Waals surface area contributed by atoms with Gasteiger partial charge in [-0.15, -0.1) is 12.4 Å². The average molecular weight is 327 g/mol. The zero-order chi connectivity index (χ0) is 15.0. The predicted molar refractivity (Wildman–Crippen MR) is 75.7 cm³/mol. The Morgan fingerprint density at radius 2 is 1.81 bits per heavy atom. The Labute approximate surface area is 127 Å². The van der Waals surface area contributed by atoms with Crippen molar-refractivity contribution in [1.82, 2.24) is 10.6 Å². The van der Waals surface area contributed by atoms with E-state index < -0.39 is 11.7 Å². The number of alkyl halides is 3. The molecule has 120 valence electrons. The number of rotatable bonds is 7. The topological polar surface area (TPSA) is 50.4 Å². The van der Waals surface area contributed by atoms with Gasteiger partial charge in [-0.25, -0.2) is 0 Å². The van der Waals surface area contributed by atoms with Crippen LogP contribution >= 0.6 is 12.4 Å². The van der Waals surface area contributed by atoms with Crippen molar-refractivity contribution in [1.29, 1.82) is 0 Å². The summed E-state index contributed by atoms with van der Waals surface area (Å²) in [6.07, 6.45) is -4.37. The minimum atomic E-state index is -4.37. The number of hydrogen-bond acceptors (Lipinski definition) is 3. The molecule has 0 aliphatic heterocycles. The van der Waals surface area contributed by atoms with Gasteiger partial charge in [0, 0.05) is 13.1 Å². The molecule has 0 unspecified atom stereocenters. The van der Waals surface area contributed by atoms with E-state index in [4.69, 9.17) is 4.74 Å². The molecule has 8 heteroatoms. The zero-order valence-electron chi connectivity index (χ0n) is 11.5. The predicted octanol–water partition coefficient (Wildman–Crippen LogP) is 2.23. The third-order valence-corrected chi connectivity index (χ3v) is 2.43. The first kappa shape index (κ1) is 19.5. The van der Waals surface area contributed by atoms with E-state index in [0.717, 1.165) is 18.7 Å². The monoisotopic (exact) mass is 326 g/mol. The first-order valence-electron chi connectivity index (χ1n) is 6.21. The van der Waals surface area contributed by atoms with Gasteiger partial charge >= 0.3 is 6.18 Å². The summed E-state index contributed by atoms with van der Waals surface area (Å²) in [6.45, 7) is 3.68. The summed E-state index contributed by atoms with van der Waals surface area (Å²) in [6, 6.07) is 4.21. The maximum atomic E-state index is 12.3. The summed E-state index contributed by atoms with van der Waals surface area (Å²) in [5.74, 6) is -0.0948. The molecule has 0 bridgehead atoms. The Bertz CT molecular complexity index is 424. The van der Waals surface area contributed by atoms with Crippen LogP contribution in [0.4, 0.5) is 13.2 Å². The van der Waals surface area contributed by atoms with Crippen molar-refractivity contribution >= 4 is 18.3 Å². The molecular weight excluding hydrogens is 309 g/mol. The molecule has 0 radical (unpaired) electrons. The molecule has 0 heterocycles. The highest BCUT2D eigenvalue weighted by Gasteiger charge is 2.29. The van der Waals surface area contributed by atoms with Crippen LogP contribution in [0.15, 0.2) is 24.3 Å². The Morgan fingerprint density at radius 1 is 1.19 bits per heavy atom. The lowest BCUT2D eigenvalue weighted by Crippen LogP contribution is -2.34.